The fourth-order valence-electron chi connectivity index (χ4n) is 2.42. The molecule has 2 N–H and O–H groups in total. The lowest BCUT2D eigenvalue weighted by Crippen LogP contribution is -2.44. The SMILES string of the molecule is COc1ccc(C(CC(=O)O)NC(=O)C2COCCO2)c(OC)c1. The molecule has 24 heavy (non-hydrogen) atoms. The van der Waals surface area contributed by atoms with Gasteiger partial charge in [0.15, 0.2) is 6.10 Å². The Bertz CT molecular complexity index is 584. The topological polar surface area (TPSA) is 103 Å². The molecule has 0 saturated carbocycles. The molecule has 2 rings (SSSR count). The quantitative estimate of drug-likeness (QED) is 0.755. The summed E-state index contributed by atoms with van der Waals surface area (Å²) in [4.78, 5) is 23.5. The van der Waals surface area contributed by atoms with E-state index in [0.29, 0.717) is 30.3 Å². The smallest absolute Gasteiger partial charge is 0.305 e. The van der Waals surface area contributed by atoms with Gasteiger partial charge in [0.2, 0.25) is 0 Å². The van der Waals surface area contributed by atoms with E-state index in [2.05, 4.69) is 5.32 Å². The minimum atomic E-state index is -1.04. The second kappa shape index (κ2) is 8.51. The number of aliphatic carboxylic acids is 1. The van der Waals surface area contributed by atoms with Crippen molar-refractivity contribution in [2.24, 2.45) is 0 Å². The highest BCUT2D eigenvalue weighted by Gasteiger charge is 2.28. The van der Waals surface area contributed by atoms with Crippen molar-refractivity contribution in [3.8, 4) is 11.5 Å². The number of nitrogens with one attached hydrogen (secondary N) is 1. The lowest BCUT2D eigenvalue weighted by atomic mass is 10.0. The van der Waals surface area contributed by atoms with Crippen molar-refractivity contribution in [2.45, 2.75) is 18.6 Å². The van der Waals surface area contributed by atoms with Gasteiger partial charge in [-0.1, -0.05) is 0 Å². The number of benzene rings is 1. The van der Waals surface area contributed by atoms with Gasteiger partial charge in [0, 0.05) is 11.6 Å². The van der Waals surface area contributed by atoms with Gasteiger partial charge in [-0.15, -0.1) is 0 Å². The fraction of sp³-hybridized carbons (Fsp3) is 0.500. The number of hydrogen-bond donors (Lipinski definition) is 2. The molecule has 132 valence electrons. The first-order valence-electron chi connectivity index (χ1n) is 7.48. The van der Waals surface area contributed by atoms with Crippen LogP contribution < -0.4 is 14.8 Å². The Labute approximate surface area is 139 Å². The lowest BCUT2D eigenvalue weighted by Gasteiger charge is -2.26. The number of ether oxygens (including phenoxy) is 4. The Balaban J connectivity index is 2.21. The number of carboxylic acids is 1. The minimum absolute atomic E-state index is 0.144. The third-order valence-corrected chi connectivity index (χ3v) is 3.62. The Morgan fingerprint density at radius 3 is 2.71 bits per heavy atom. The molecule has 0 aliphatic carbocycles. The fourth-order valence-corrected chi connectivity index (χ4v) is 2.42. The van der Waals surface area contributed by atoms with Gasteiger partial charge in [0.1, 0.15) is 11.5 Å². The monoisotopic (exact) mass is 339 g/mol. The Hall–Kier alpha value is -2.32. The molecule has 1 saturated heterocycles. The second-order valence-corrected chi connectivity index (χ2v) is 5.20. The third kappa shape index (κ3) is 4.59. The van der Waals surface area contributed by atoms with Crippen LogP contribution in [0.1, 0.15) is 18.0 Å². The molecule has 1 aliphatic heterocycles. The molecule has 1 aliphatic rings. The van der Waals surface area contributed by atoms with Crippen LogP contribution in [0.4, 0.5) is 0 Å². The molecular formula is C16H21NO7. The van der Waals surface area contributed by atoms with Crippen LogP contribution in [0.3, 0.4) is 0 Å². The maximum Gasteiger partial charge on any atom is 0.305 e. The molecule has 0 bridgehead atoms. The highest BCUT2D eigenvalue weighted by atomic mass is 16.6. The van der Waals surface area contributed by atoms with Gasteiger partial charge in [0.05, 0.1) is 46.5 Å². The first-order chi connectivity index (χ1) is 11.5. The van der Waals surface area contributed by atoms with Crippen LogP contribution >= 0.6 is 0 Å². The number of rotatable bonds is 7. The molecule has 0 radical (unpaired) electrons. The lowest BCUT2D eigenvalue weighted by molar-refractivity contribution is -0.148. The van der Waals surface area contributed by atoms with E-state index in [9.17, 15) is 9.59 Å². The Morgan fingerprint density at radius 2 is 2.12 bits per heavy atom. The van der Waals surface area contributed by atoms with Crippen LogP contribution in [0.15, 0.2) is 18.2 Å². The summed E-state index contributed by atoms with van der Waals surface area (Å²) in [6.45, 7) is 0.910. The van der Waals surface area contributed by atoms with E-state index in [-0.39, 0.29) is 13.0 Å². The molecule has 0 aromatic heterocycles. The maximum atomic E-state index is 12.3. The van der Waals surface area contributed by atoms with Crippen LogP contribution in [0, 0.1) is 0 Å². The molecular weight excluding hydrogens is 318 g/mol. The second-order valence-electron chi connectivity index (χ2n) is 5.20. The molecule has 2 atom stereocenters. The predicted molar refractivity (Wildman–Crippen MR) is 83.2 cm³/mol. The number of hydrogen-bond acceptors (Lipinski definition) is 6. The van der Waals surface area contributed by atoms with E-state index in [1.165, 1.54) is 14.2 Å². The predicted octanol–water partition coefficient (Wildman–Crippen LogP) is 0.751. The van der Waals surface area contributed by atoms with Gasteiger partial charge in [-0.05, 0) is 12.1 Å². The zero-order valence-electron chi connectivity index (χ0n) is 13.6. The number of methoxy groups -OCH3 is 2. The van der Waals surface area contributed by atoms with Crippen molar-refractivity contribution in [3.05, 3.63) is 23.8 Å². The maximum absolute atomic E-state index is 12.3. The van der Waals surface area contributed by atoms with Gasteiger partial charge in [0.25, 0.3) is 5.91 Å². The van der Waals surface area contributed by atoms with Crippen molar-refractivity contribution in [3.63, 3.8) is 0 Å². The van der Waals surface area contributed by atoms with E-state index in [1.807, 2.05) is 0 Å². The molecule has 1 aromatic carbocycles. The summed E-state index contributed by atoms with van der Waals surface area (Å²) in [7, 11) is 2.99. The first-order valence-corrected chi connectivity index (χ1v) is 7.48. The molecule has 1 aromatic rings. The van der Waals surface area contributed by atoms with Crippen molar-refractivity contribution < 1.29 is 33.6 Å². The van der Waals surface area contributed by atoms with Crippen LogP contribution in [0.25, 0.3) is 0 Å². The molecule has 1 fully saturated rings. The van der Waals surface area contributed by atoms with Crippen LogP contribution in [0.2, 0.25) is 0 Å². The first kappa shape index (κ1) is 18.0. The van der Waals surface area contributed by atoms with E-state index >= 15 is 0 Å². The normalized spacial score (nSPS) is 18.5. The standard InChI is InChI=1S/C16H21NO7/c1-21-10-3-4-11(13(7-10)22-2)12(8-15(18)19)17-16(20)14-9-23-5-6-24-14/h3-4,7,12,14H,5-6,8-9H2,1-2H3,(H,17,20)(H,18,19). The number of carbonyl (C=O) groups is 2. The summed E-state index contributed by atoms with van der Waals surface area (Å²) in [6, 6.07) is 4.22. The van der Waals surface area contributed by atoms with E-state index in [1.54, 1.807) is 18.2 Å². The highest BCUT2D eigenvalue weighted by molar-refractivity contribution is 5.82. The zero-order valence-corrected chi connectivity index (χ0v) is 13.6. The molecule has 8 nitrogen and oxygen atoms in total. The zero-order chi connectivity index (χ0) is 17.5. The summed E-state index contributed by atoms with van der Waals surface area (Å²) < 4.78 is 21.0. The van der Waals surface area contributed by atoms with Crippen LogP contribution in [-0.2, 0) is 19.1 Å². The van der Waals surface area contributed by atoms with Gasteiger partial charge >= 0.3 is 5.97 Å². The summed E-state index contributed by atoms with van der Waals surface area (Å²) >= 11 is 0. The molecule has 8 heteroatoms. The number of carbonyl (C=O) groups excluding carboxylic acids is 1. The molecule has 0 spiro atoms. The summed E-state index contributed by atoms with van der Waals surface area (Å²) in [5.41, 5.74) is 0.547. The van der Waals surface area contributed by atoms with E-state index in [4.69, 9.17) is 24.1 Å². The van der Waals surface area contributed by atoms with Crippen molar-refractivity contribution in [1.82, 2.24) is 5.32 Å². The van der Waals surface area contributed by atoms with Crippen molar-refractivity contribution in [1.29, 1.82) is 0 Å². The Morgan fingerprint density at radius 1 is 1.33 bits per heavy atom. The van der Waals surface area contributed by atoms with E-state index in [0.717, 1.165) is 0 Å². The van der Waals surface area contributed by atoms with E-state index < -0.39 is 24.0 Å². The summed E-state index contributed by atoms with van der Waals surface area (Å²) in [5, 5.41) is 11.9. The third-order valence-electron chi connectivity index (χ3n) is 3.62. The average Bonchev–Trinajstić information content (AvgIpc) is 2.60. The van der Waals surface area contributed by atoms with Gasteiger partial charge < -0.3 is 29.4 Å². The molecule has 1 heterocycles. The van der Waals surface area contributed by atoms with Crippen LogP contribution in [-0.4, -0.2) is 57.1 Å². The minimum Gasteiger partial charge on any atom is -0.497 e. The van der Waals surface area contributed by atoms with Gasteiger partial charge in [-0.2, -0.15) is 0 Å². The van der Waals surface area contributed by atoms with Crippen LogP contribution in [0.5, 0.6) is 11.5 Å². The van der Waals surface area contributed by atoms with Gasteiger partial charge in [-0.25, -0.2) is 0 Å². The Kier molecular flexibility index (Phi) is 6.39. The van der Waals surface area contributed by atoms with Gasteiger partial charge in [-0.3, -0.25) is 9.59 Å². The summed E-state index contributed by atoms with van der Waals surface area (Å²) in [5.74, 6) is -0.459. The molecule has 1 amide bonds. The number of amides is 1. The average molecular weight is 339 g/mol. The van der Waals surface area contributed by atoms with Crippen molar-refractivity contribution >= 4 is 11.9 Å². The number of carboxylic acid groups (broad SMARTS) is 1. The highest BCUT2D eigenvalue weighted by Crippen LogP contribution is 2.31. The van der Waals surface area contributed by atoms with Crippen molar-refractivity contribution in [2.75, 3.05) is 34.0 Å². The largest absolute Gasteiger partial charge is 0.497 e. The molecule has 2 unspecified atom stereocenters. The summed E-state index contributed by atoms with van der Waals surface area (Å²) in [6.07, 6.45) is -1.04.